The average molecular weight is 343 g/mol. The van der Waals surface area contributed by atoms with Gasteiger partial charge in [0.1, 0.15) is 5.82 Å². The van der Waals surface area contributed by atoms with Gasteiger partial charge in [-0.2, -0.15) is 0 Å². The first-order chi connectivity index (χ1) is 9.63. The monoisotopic (exact) mass is 342 g/mol. The first-order valence-corrected chi connectivity index (χ1v) is 7.89. The topological polar surface area (TPSA) is 32.3 Å². The van der Waals surface area contributed by atoms with Crippen LogP contribution in [0.15, 0.2) is 22.7 Å². The summed E-state index contributed by atoms with van der Waals surface area (Å²) in [6.07, 6.45) is 2.98. The van der Waals surface area contributed by atoms with Crippen LogP contribution >= 0.6 is 15.9 Å². The molecule has 1 saturated heterocycles. The molecule has 5 heteroatoms. The molecular weight excluding hydrogens is 323 g/mol. The molecular formula is C15H20BrFN2O. The third-order valence-electron chi connectivity index (χ3n) is 3.60. The number of nitrogens with one attached hydrogen (secondary N) is 1. The quantitative estimate of drug-likeness (QED) is 0.911. The van der Waals surface area contributed by atoms with Gasteiger partial charge in [-0.1, -0.05) is 6.92 Å². The Hall–Kier alpha value is -0.940. The predicted molar refractivity (Wildman–Crippen MR) is 81.3 cm³/mol. The van der Waals surface area contributed by atoms with Gasteiger partial charge in [-0.3, -0.25) is 4.79 Å². The maximum absolute atomic E-state index is 13.4. The Labute approximate surface area is 127 Å². The maximum Gasteiger partial charge on any atom is 0.255 e. The van der Waals surface area contributed by atoms with Crippen molar-refractivity contribution in [1.82, 2.24) is 10.2 Å². The summed E-state index contributed by atoms with van der Waals surface area (Å²) in [5, 5.41) is 3.33. The Bertz CT molecular complexity index is 475. The summed E-state index contributed by atoms with van der Waals surface area (Å²) in [6, 6.07) is 4.45. The molecule has 0 aromatic heterocycles. The van der Waals surface area contributed by atoms with Gasteiger partial charge >= 0.3 is 0 Å². The normalized spacial score (nSPS) is 18.9. The van der Waals surface area contributed by atoms with E-state index >= 15 is 0 Å². The van der Waals surface area contributed by atoms with Crippen LogP contribution in [0.3, 0.4) is 0 Å². The molecule has 1 fully saturated rings. The van der Waals surface area contributed by atoms with Crippen LogP contribution < -0.4 is 5.32 Å². The zero-order valence-corrected chi connectivity index (χ0v) is 13.2. The van der Waals surface area contributed by atoms with Crippen molar-refractivity contribution in [1.29, 1.82) is 0 Å². The highest BCUT2D eigenvalue weighted by Crippen LogP contribution is 2.22. The van der Waals surface area contributed by atoms with E-state index in [2.05, 4.69) is 28.2 Å². The van der Waals surface area contributed by atoms with E-state index in [-0.39, 0.29) is 17.8 Å². The number of hydrogen-bond acceptors (Lipinski definition) is 2. The van der Waals surface area contributed by atoms with Crippen LogP contribution in [-0.4, -0.2) is 36.5 Å². The Kier molecular flexibility index (Phi) is 5.54. The Morgan fingerprint density at radius 2 is 2.35 bits per heavy atom. The summed E-state index contributed by atoms with van der Waals surface area (Å²) >= 11 is 3.34. The third-order valence-corrected chi connectivity index (χ3v) is 4.29. The first kappa shape index (κ1) is 15.4. The molecule has 1 heterocycles. The molecule has 3 nitrogen and oxygen atoms in total. The molecule has 0 aliphatic carbocycles. The summed E-state index contributed by atoms with van der Waals surface area (Å²) in [6.45, 7) is 4.58. The number of rotatable bonds is 4. The highest BCUT2D eigenvalue weighted by molar-refractivity contribution is 9.10. The van der Waals surface area contributed by atoms with Crippen molar-refractivity contribution < 1.29 is 9.18 Å². The number of carbonyl (C=O) groups excluding carboxylic acids is 1. The predicted octanol–water partition coefficient (Wildman–Crippen LogP) is 3.19. The molecule has 20 heavy (non-hydrogen) atoms. The van der Waals surface area contributed by atoms with Gasteiger partial charge in [0.15, 0.2) is 0 Å². The minimum atomic E-state index is -0.380. The lowest BCUT2D eigenvalue weighted by Gasteiger charge is -2.35. The van der Waals surface area contributed by atoms with Crippen molar-refractivity contribution in [2.75, 3.05) is 19.6 Å². The summed E-state index contributed by atoms with van der Waals surface area (Å²) in [7, 11) is 0. The molecule has 0 spiro atoms. The van der Waals surface area contributed by atoms with E-state index in [1.54, 1.807) is 6.07 Å². The largest absolute Gasteiger partial charge is 0.334 e. The summed E-state index contributed by atoms with van der Waals surface area (Å²) < 4.78 is 14.0. The Morgan fingerprint density at radius 3 is 3.00 bits per heavy atom. The first-order valence-electron chi connectivity index (χ1n) is 7.10. The van der Waals surface area contributed by atoms with E-state index in [0.717, 1.165) is 32.4 Å². The molecule has 1 atom stereocenters. The smallest absolute Gasteiger partial charge is 0.255 e. The molecule has 0 radical (unpaired) electrons. The standard InChI is InChI=1S/C15H20BrFN2O/c1-2-8-19(12-4-3-7-18-10-12)15(20)13-9-11(17)5-6-14(13)16/h5-6,9,12,18H,2-4,7-8,10H2,1H3. The number of halogens is 2. The number of hydrogen-bond donors (Lipinski definition) is 1. The molecule has 1 aliphatic heterocycles. The Balaban J connectivity index is 2.23. The maximum atomic E-state index is 13.4. The van der Waals surface area contributed by atoms with Crippen LogP contribution in [0.2, 0.25) is 0 Å². The fraction of sp³-hybridized carbons (Fsp3) is 0.533. The van der Waals surface area contributed by atoms with Gasteiger partial charge in [0.2, 0.25) is 0 Å². The van der Waals surface area contributed by atoms with Crippen molar-refractivity contribution in [2.45, 2.75) is 32.2 Å². The minimum Gasteiger partial charge on any atom is -0.334 e. The van der Waals surface area contributed by atoms with E-state index < -0.39 is 0 Å². The van der Waals surface area contributed by atoms with Crippen molar-refractivity contribution in [3.8, 4) is 0 Å². The van der Waals surface area contributed by atoms with Crippen LogP contribution in [0.25, 0.3) is 0 Å². The van der Waals surface area contributed by atoms with Crippen LogP contribution in [0.5, 0.6) is 0 Å². The second kappa shape index (κ2) is 7.18. The minimum absolute atomic E-state index is 0.0908. The van der Waals surface area contributed by atoms with Gasteiger partial charge in [0.25, 0.3) is 5.91 Å². The van der Waals surface area contributed by atoms with E-state index in [9.17, 15) is 9.18 Å². The van der Waals surface area contributed by atoms with Crippen LogP contribution in [0.4, 0.5) is 4.39 Å². The summed E-state index contributed by atoms with van der Waals surface area (Å²) in [5.74, 6) is -0.471. The SMILES string of the molecule is CCCN(C(=O)c1cc(F)ccc1Br)C1CCCNC1. The number of benzene rings is 1. The Morgan fingerprint density at radius 1 is 1.55 bits per heavy atom. The molecule has 1 unspecified atom stereocenters. The van der Waals surface area contributed by atoms with Crippen molar-refractivity contribution in [3.05, 3.63) is 34.1 Å². The third kappa shape index (κ3) is 3.58. The lowest BCUT2D eigenvalue weighted by atomic mass is 10.0. The van der Waals surface area contributed by atoms with Gasteiger partial charge in [0.05, 0.1) is 5.56 Å². The molecule has 1 aromatic rings. The molecule has 1 N–H and O–H groups in total. The molecule has 0 bridgehead atoms. The fourth-order valence-electron chi connectivity index (χ4n) is 2.61. The molecule has 1 amide bonds. The second-order valence-electron chi connectivity index (χ2n) is 5.12. The van der Waals surface area contributed by atoms with Gasteiger partial charge in [-0.25, -0.2) is 4.39 Å². The molecule has 110 valence electrons. The highest BCUT2D eigenvalue weighted by Gasteiger charge is 2.26. The number of piperidine rings is 1. The second-order valence-corrected chi connectivity index (χ2v) is 5.98. The van der Waals surface area contributed by atoms with Gasteiger partial charge in [-0.15, -0.1) is 0 Å². The lowest BCUT2D eigenvalue weighted by molar-refractivity contribution is 0.0647. The van der Waals surface area contributed by atoms with E-state index in [1.807, 2.05) is 4.90 Å². The zero-order chi connectivity index (χ0) is 14.5. The van der Waals surface area contributed by atoms with Gasteiger partial charge in [-0.05, 0) is 59.9 Å². The molecule has 1 aliphatic rings. The molecule has 1 aromatic carbocycles. The molecule has 2 rings (SSSR count). The van der Waals surface area contributed by atoms with Crippen LogP contribution in [-0.2, 0) is 0 Å². The van der Waals surface area contributed by atoms with Crippen molar-refractivity contribution in [3.63, 3.8) is 0 Å². The molecule has 0 saturated carbocycles. The zero-order valence-electron chi connectivity index (χ0n) is 11.7. The number of nitrogens with zero attached hydrogens (tertiary/aromatic N) is 1. The number of amides is 1. The van der Waals surface area contributed by atoms with E-state index in [0.29, 0.717) is 16.6 Å². The lowest BCUT2D eigenvalue weighted by Crippen LogP contribution is -2.49. The average Bonchev–Trinajstić information content (AvgIpc) is 2.47. The van der Waals surface area contributed by atoms with Gasteiger partial charge in [0, 0.05) is 23.6 Å². The van der Waals surface area contributed by atoms with E-state index in [4.69, 9.17) is 0 Å². The highest BCUT2D eigenvalue weighted by atomic mass is 79.9. The number of carbonyl (C=O) groups is 1. The summed E-state index contributed by atoms with van der Waals surface area (Å²) in [5.41, 5.74) is 0.407. The fourth-order valence-corrected chi connectivity index (χ4v) is 3.02. The van der Waals surface area contributed by atoms with Gasteiger partial charge < -0.3 is 10.2 Å². The van der Waals surface area contributed by atoms with Crippen molar-refractivity contribution >= 4 is 21.8 Å². The van der Waals surface area contributed by atoms with Crippen molar-refractivity contribution in [2.24, 2.45) is 0 Å². The van der Waals surface area contributed by atoms with E-state index in [1.165, 1.54) is 12.1 Å². The van der Waals surface area contributed by atoms with Crippen LogP contribution in [0.1, 0.15) is 36.5 Å². The van der Waals surface area contributed by atoms with Crippen LogP contribution in [0, 0.1) is 5.82 Å². The summed E-state index contributed by atoms with van der Waals surface area (Å²) in [4.78, 5) is 14.6.